The molecule has 31 heavy (non-hydrogen) atoms. The molecule has 0 radical (unpaired) electrons. The molecule has 0 unspecified atom stereocenters. The fourth-order valence-electron chi connectivity index (χ4n) is 4.01. The number of furan rings is 1. The van der Waals surface area contributed by atoms with Gasteiger partial charge in [-0.3, -0.25) is 14.3 Å². The van der Waals surface area contributed by atoms with Crippen molar-refractivity contribution in [1.82, 2.24) is 19.2 Å². The third kappa shape index (κ3) is 3.68. The standard InChI is InChI=1S/C24H26N4O3/c1-16-13-21(22(29)15-25-14-20-11-8-12-31-20)17(2)27(16)23-18(3)26(4)28(24(23)30)19-9-6-5-7-10-19/h5-13,25H,14-15H2,1-4H3. The Balaban J connectivity index is 1.68. The highest BCUT2D eigenvalue weighted by atomic mass is 16.3. The number of para-hydroxylation sites is 1. The Morgan fingerprint density at radius 1 is 1.03 bits per heavy atom. The highest BCUT2D eigenvalue weighted by Crippen LogP contribution is 2.22. The summed E-state index contributed by atoms with van der Waals surface area (Å²) in [6, 6.07) is 15.1. The lowest BCUT2D eigenvalue weighted by Crippen LogP contribution is -2.23. The van der Waals surface area contributed by atoms with Crippen LogP contribution in [0.25, 0.3) is 11.4 Å². The van der Waals surface area contributed by atoms with Crippen LogP contribution < -0.4 is 10.9 Å². The highest BCUT2D eigenvalue weighted by molar-refractivity contribution is 5.99. The molecule has 160 valence electrons. The summed E-state index contributed by atoms with van der Waals surface area (Å²) in [4.78, 5) is 26.3. The lowest BCUT2D eigenvalue weighted by Gasteiger charge is -2.09. The molecular formula is C24H26N4O3. The van der Waals surface area contributed by atoms with Gasteiger partial charge in [0.25, 0.3) is 5.56 Å². The lowest BCUT2D eigenvalue weighted by atomic mass is 10.1. The van der Waals surface area contributed by atoms with Gasteiger partial charge in [0.05, 0.1) is 30.7 Å². The van der Waals surface area contributed by atoms with E-state index in [9.17, 15) is 9.59 Å². The molecule has 1 N–H and O–H groups in total. The Bertz CT molecular complexity index is 1270. The molecule has 0 amide bonds. The molecule has 0 atom stereocenters. The average Bonchev–Trinajstić information content (AvgIpc) is 3.43. The predicted octanol–water partition coefficient (Wildman–Crippen LogP) is 3.46. The van der Waals surface area contributed by atoms with E-state index in [0.29, 0.717) is 17.8 Å². The smallest absolute Gasteiger partial charge is 0.295 e. The first-order valence-electron chi connectivity index (χ1n) is 10.2. The first-order valence-corrected chi connectivity index (χ1v) is 10.2. The van der Waals surface area contributed by atoms with Crippen LogP contribution in [-0.2, 0) is 13.6 Å². The van der Waals surface area contributed by atoms with Gasteiger partial charge in [-0.05, 0) is 51.1 Å². The van der Waals surface area contributed by atoms with E-state index in [1.165, 1.54) is 0 Å². The van der Waals surface area contributed by atoms with Crippen LogP contribution in [-0.4, -0.2) is 26.3 Å². The van der Waals surface area contributed by atoms with Crippen molar-refractivity contribution in [3.05, 3.63) is 93.6 Å². The maximum Gasteiger partial charge on any atom is 0.295 e. The van der Waals surface area contributed by atoms with E-state index in [1.54, 1.807) is 10.9 Å². The average molecular weight is 418 g/mol. The molecule has 0 spiro atoms. The molecule has 3 heterocycles. The van der Waals surface area contributed by atoms with Gasteiger partial charge in [0.1, 0.15) is 11.4 Å². The van der Waals surface area contributed by atoms with E-state index in [0.717, 1.165) is 28.5 Å². The minimum atomic E-state index is -0.122. The monoisotopic (exact) mass is 418 g/mol. The minimum Gasteiger partial charge on any atom is -0.468 e. The molecule has 7 nitrogen and oxygen atoms in total. The number of nitrogens with one attached hydrogen (secondary N) is 1. The van der Waals surface area contributed by atoms with Gasteiger partial charge in [0, 0.05) is 24.0 Å². The molecule has 0 aliphatic heterocycles. The second-order valence-electron chi connectivity index (χ2n) is 7.64. The van der Waals surface area contributed by atoms with Crippen molar-refractivity contribution >= 4 is 5.78 Å². The Hall–Kier alpha value is -3.58. The Kier molecular flexibility index (Phi) is 5.52. The van der Waals surface area contributed by atoms with E-state index >= 15 is 0 Å². The molecule has 0 bridgehead atoms. The van der Waals surface area contributed by atoms with Gasteiger partial charge in [0.15, 0.2) is 5.78 Å². The van der Waals surface area contributed by atoms with E-state index < -0.39 is 0 Å². The van der Waals surface area contributed by atoms with Crippen LogP contribution in [0.2, 0.25) is 0 Å². The third-order valence-corrected chi connectivity index (χ3v) is 5.64. The van der Waals surface area contributed by atoms with Crippen molar-refractivity contribution in [2.24, 2.45) is 7.05 Å². The number of hydrogen-bond acceptors (Lipinski definition) is 4. The van der Waals surface area contributed by atoms with Crippen LogP contribution >= 0.6 is 0 Å². The molecular weight excluding hydrogens is 392 g/mol. The first kappa shape index (κ1) is 20.7. The third-order valence-electron chi connectivity index (χ3n) is 5.64. The van der Waals surface area contributed by atoms with Crippen molar-refractivity contribution in [3.8, 4) is 11.4 Å². The van der Waals surface area contributed by atoms with Gasteiger partial charge in [-0.25, -0.2) is 4.68 Å². The van der Waals surface area contributed by atoms with Gasteiger partial charge < -0.3 is 14.3 Å². The van der Waals surface area contributed by atoms with E-state index in [4.69, 9.17) is 4.42 Å². The number of hydrogen-bond donors (Lipinski definition) is 1. The van der Waals surface area contributed by atoms with Crippen molar-refractivity contribution < 1.29 is 9.21 Å². The Morgan fingerprint density at radius 2 is 1.77 bits per heavy atom. The molecule has 4 rings (SSSR count). The largest absolute Gasteiger partial charge is 0.468 e. The molecule has 0 saturated heterocycles. The molecule has 7 heteroatoms. The summed E-state index contributed by atoms with van der Waals surface area (Å²) in [5.41, 5.74) is 4.27. The van der Waals surface area contributed by atoms with Gasteiger partial charge in [-0.15, -0.1) is 0 Å². The topological polar surface area (TPSA) is 74.1 Å². The van der Waals surface area contributed by atoms with Crippen molar-refractivity contribution in [3.63, 3.8) is 0 Å². The fourth-order valence-corrected chi connectivity index (χ4v) is 4.01. The van der Waals surface area contributed by atoms with Gasteiger partial charge in [-0.2, -0.15) is 0 Å². The van der Waals surface area contributed by atoms with Gasteiger partial charge in [0.2, 0.25) is 0 Å². The number of carbonyl (C=O) groups is 1. The van der Waals surface area contributed by atoms with Crippen molar-refractivity contribution in [2.45, 2.75) is 27.3 Å². The summed E-state index contributed by atoms with van der Waals surface area (Å²) in [5.74, 6) is 0.752. The number of nitrogens with zero attached hydrogens (tertiary/aromatic N) is 3. The second kappa shape index (κ2) is 8.28. The summed E-state index contributed by atoms with van der Waals surface area (Å²) in [6.07, 6.45) is 1.61. The maximum absolute atomic E-state index is 13.4. The molecule has 1 aromatic carbocycles. The summed E-state index contributed by atoms with van der Waals surface area (Å²) >= 11 is 0. The second-order valence-corrected chi connectivity index (χ2v) is 7.64. The Labute approximate surface area is 180 Å². The van der Waals surface area contributed by atoms with Gasteiger partial charge >= 0.3 is 0 Å². The molecule has 0 saturated carbocycles. The number of Topliss-reactive ketones (excluding diaryl/α,β-unsaturated/α-hetero) is 1. The minimum absolute atomic E-state index is 0.0251. The first-order chi connectivity index (χ1) is 14.9. The van der Waals surface area contributed by atoms with Crippen LogP contribution in [0.3, 0.4) is 0 Å². The van der Waals surface area contributed by atoms with Crippen LogP contribution in [0, 0.1) is 20.8 Å². The summed E-state index contributed by atoms with van der Waals surface area (Å²) in [5, 5.41) is 3.12. The van der Waals surface area contributed by atoms with Crippen LogP contribution in [0.1, 0.15) is 33.2 Å². The molecule has 3 aromatic heterocycles. The van der Waals surface area contributed by atoms with Crippen molar-refractivity contribution in [1.29, 1.82) is 0 Å². The fraction of sp³-hybridized carbons (Fsp3) is 0.250. The lowest BCUT2D eigenvalue weighted by molar-refractivity contribution is 0.0989. The van der Waals surface area contributed by atoms with E-state index in [2.05, 4.69) is 5.32 Å². The molecule has 0 fully saturated rings. The molecule has 0 aliphatic rings. The number of benzene rings is 1. The van der Waals surface area contributed by atoms with Crippen LogP contribution in [0.5, 0.6) is 0 Å². The predicted molar refractivity (Wildman–Crippen MR) is 119 cm³/mol. The zero-order valence-corrected chi connectivity index (χ0v) is 18.2. The van der Waals surface area contributed by atoms with Crippen LogP contribution in [0.15, 0.2) is 64.0 Å². The normalized spacial score (nSPS) is 11.2. The zero-order valence-electron chi connectivity index (χ0n) is 18.2. The maximum atomic E-state index is 13.4. The number of carbonyl (C=O) groups excluding carboxylic acids is 1. The molecule has 0 aliphatic carbocycles. The van der Waals surface area contributed by atoms with Crippen LogP contribution in [0.4, 0.5) is 0 Å². The number of rotatable bonds is 7. The summed E-state index contributed by atoms with van der Waals surface area (Å²) in [6.45, 7) is 6.38. The number of aryl methyl sites for hydroxylation is 1. The highest BCUT2D eigenvalue weighted by Gasteiger charge is 2.23. The summed E-state index contributed by atoms with van der Waals surface area (Å²) < 4.78 is 10.7. The number of ketones is 1. The molecule has 4 aromatic rings. The zero-order chi connectivity index (χ0) is 22.1. The quantitative estimate of drug-likeness (QED) is 0.467. The van der Waals surface area contributed by atoms with E-state index in [1.807, 2.05) is 85.6 Å². The van der Waals surface area contributed by atoms with Gasteiger partial charge in [-0.1, -0.05) is 18.2 Å². The SMILES string of the molecule is Cc1cc(C(=O)CNCc2ccco2)c(C)n1-c1c(C)n(C)n(-c2ccccc2)c1=O. The Morgan fingerprint density at radius 3 is 2.45 bits per heavy atom. The van der Waals surface area contributed by atoms with Crippen molar-refractivity contribution in [2.75, 3.05) is 6.54 Å². The van der Waals surface area contributed by atoms with E-state index in [-0.39, 0.29) is 17.9 Å². The summed E-state index contributed by atoms with van der Waals surface area (Å²) in [7, 11) is 1.87. The number of aromatic nitrogens is 3.